The van der Waals surface area contributed by atoms with E-state index in [-0.39, 0.29) is 6.42 Å². The molecule has 0 heterocycles. The molecule has 2 unspecified atom stereocenters. The van der Waals surface area contributed by atoms with Crippen LogP contribution in [0.25, 0.3) is 0 Å². The predicted molar refractivity (Wildman–Crippen MR) is 108 cm³/mol. The Hall–Kier alpha value is -2.02. The molecule has 27 heavy (non-hydrogen) atoms. The molecule has 0 saturated carbocycles. The number of hydrogen-bond donors (Lipinski definition) is 2. The van der Waals surface area contributed by atoms with Gasteiger partial charge in [-0.05, 0) is 63.4 Å². The summed E-state index contributed by atoms with van der Waals surface area (Å²) in [6.07, 6.45) is -0.172. The minimum atomic E-state index is -1.39. The van der Waals surface area contributed by atoms with E-state index in [4.69, 9.17) is 4.74 Å². The molecule has 0 aliphatic rings. The van der Waals surface area contributed by atoms with Crippen molar-refractivity contribution in [2.24, 2.45) is 0 Å². The summed E-state index contributed by atoms with van der Waals surface area (Å²) in [4.78, 5) is 11.3. The van der Waals surface area contributed by atoms with Gasteiger partial charge < -0.3 is 14.4 Å². The highest BCUT2D eigenvalue weighted by Gasteiger charge is 2.31. The van der Waals surface area contributed by atoms with Gasteiger partial charge in [0, 0.05) is 11.4 Å². The van der Waals surface area contributed by atoms with Crippen LogP contribution in [-0.4, -0.2) is 20.4 Å². The number of hydrogen-bond acceptors (Lipinski definition) is 4. The van der Waals surface area contributed by atoms with Crippen molar-refractivity contribution in [3.63, 3.8) is 0 Å². The second-order valence-electron chi connectivity index (χ2n) is 7.54. The van der Waals surface area contributed by atoms with Crippen LogP contribution in [0.5, 0.6) is 11.5 Å². The van der Waals surface area contributed by atoms with Crippen LogP contribution in [0.3, 0.4) is 0 Å². The second kappa shape index (κ2) is 8.78. The zero-order valence-electron chi connectivity index (χ0n) is 16.4. The largest absolute Gasteiger partial charge is 0.598 e. The van der Waals surface area contributed by atoms with Crippen LogP contribution in [0.4, 0.5) is 0 Å². The molecule has 6 heteroatoms. The normalized spacial score (nSPS) is 13.9. The fraction of sp³-hybridized carbons (Fsp3) is 0.381. The summed E-state index contributed by atoms with van der Waals surface area (Å²) in [6.45, 7) is 9.48. The molecule has 2 aromatic carbocycles. The van der Waals surface area contributed by atoms with Gasteiger partial charge in [-0.1, -0.05) is 30.3 Å². The van der Waals surface area contributed by atoms with E-state index in [0.717, 1.165) is 22.4 Å². The molecule has 146 valence electrons. The van der Waals surface area contributed by atoms with E-state index < -0.39 is 28.1 Å². The van der Waals surface area contributed by atoms with Crippen LogP contribution in [0, 0.1) is 13.8 Å². The van der Waals surface area contributed by atoms with Gasteiger partial charge in [0.05, 0.1) is 12.5 Å². The number of benzene rings is 2. The van der Waals surface area contributed by atoms with Crippen molar-refractivity contribution in [1.82, 2.24) is 4.72 Å². The topological polar surface area (TPSA) is 81.6 Å². The Bertz CT molecular complexity index is 781. The molecule has 0 amide bonds. The summed E-state index contributed by atoms with van der Waals surface area (Å²) in [6, 6.07) is 12.6. The van der Waals surface area contributed by atoms with Crippen LogP contribution in [0.2, 0.25) is 0 Å². The molecule has 0 aliphatic heterocycles. The van der Waals surface area contributed by atoms with Crippen LogP contribution >= 0.6 is 0 Å². The second-order valence-corrected chi connectivity index (χ2v) is 9.54. The highest BCUT2D eigenvalue weighted by molar-refractivity contribution is 7.90. The first-order valence-electron chi connectivity index (χ1n) is 8.82. The minimum Gasteiger partial charge on any atom is -0.598 e. The monoisotopic (exact) mass is 389 g/mol. The molecular weight excluding hydrogens is 362 g/mol. The summed E-state index contributed by atoms with van der Waals surface area (Å²) in [5.41, 5.74) is 2.77. The average molecular weight is 390 g/mol. The van der Waals surface area contributed by atoms with Crippen molar-refractivity contribution in [3.8, 4) is 11.5 Å². The number of para-hydroxylation sites is 1. The van der Waals surface area contributed by atoms with Gasteiger partial charge in [-0.15, -0.1) is 4.72 Å². The molecule has 0 fully saturated rings. The average Bonchev–Trinajstić information content (AvgIpc) is 2.56. The van der Waals surface area contributed by atoms with Crippen molar-refractivity contribution < 1.29 is 19.2 Å². The molecule has 0 spiro atoms. The van der Waals surface area contributed by atoms with E-state index in [1.807, 2.05) is 71.0 Å². The molecule has 2 aromatic rings. The molecule has 0 aromatic heterocycles. The SMILES string of the molecule is Cc1cccc(C)c1Oc1cccc(C(CC(=O)O)N[S+]([O-])C(C)(C)C)c1. The highest BCUT2D eigenvalue weighted by atomic mass is 32.2. The Morgan fingerprint density at radius 3 is 2.33 bits per heavy atom. The van der Waals surface area contributed by atoms with E-state index in [1.165, 1.54) is 0 Å². The highest BCUT2D eigenvalue weighted by Crippen LogP contribution is 2.31. The smallest absolute Gasteiger partial charge is 0.305 e. The number of carboxylic acids is 1. The lowest BCUT2D eigenvalue weighted by Crippen LogP contribution is -2.41. The van der Waals surface area contributed by atoms with Gasteiger partial charge in [-0.2, -0.15) is 0 Å². The molecule has 0 saturated heterocycles. The first-order chi connectivity index (χ1) is 12.6. The molecule has 0 aliphatic carbocycles. The Balaban J connectivity index is 2.29. The lowest BCUT2D eigenvalue weighted by atomic mass is 10.0. The standard InChI is InChI=1S/C21H27NO4S/c1-14-8-6-9-15(2)20(14)26-17-11-7-10-16(12-17)18(13-19(23)24)22-27(25)21(3,4)5/h6-12,18,22H,13H2,1-5H3,(H,23,24). The predicted octanol–water partition coefficient (Wildman–Crippen LogP) is 4.66. The number of rotatable bonds is 7. The summed E-state index contributed by atoms with van der Waals surface area (Å²) < 4.78 is 21.0. The zero-order chi connectivity index (χ0) is 20.2. The minimum absolute atomic E-state index is 0.172. The number of carboxylic acid groups (broad SMARTS) is 1. The Morgan fingerprint density at radius 2 is 1.78 bits per heavy atom. The van der Waals surface area contributed by atoms with Crippen molar-refractivity contribution in [1.29, 1.82) is 0 Å². The van der Waals surface area contributed by atoms with Gasteiger partial charge in [0.25, 0.3) is 0 Å². The van der Waals surface area contributed by atoms with Crippen molar-refractivity contribution in [3.05, 3.63) is 59.2 Å². The first-order valence-corrected chi connectivity index (χ1v) is 9.97. The number of aryl methyl sites for hydroxylation is 2. The van der Waals surface area contributed by atoms with E-state index in [1.54, 1.807) is 6.07 Å². The van der Waals surface area contributed by atoms with Crippen LogP contribution in [0.1, 0.15) is 49.9 Å². The first kappa shape index (κ1) is 21.3. The summed E-state index contributed by atoms with van der Waals surface area (Å²) in [5, 5.41) is 9.27. The molecule has 2 rings (SSSR count). The third-order valence-corrected chi connectivity index (χ3v) is 5.68. The maximum absolute atomic E-state index is 12.5. The van der Waals surface area contributed by atoms with E-state index >= 15 is 0 Å². The van der Waals surface area contributed by atoms with E-state index in [0.29, 0.717) is 5.75 Å². The van der Waals surface area contributed by atoms with Crippen LogP contribution in [0.15, 0.2) is 42.5 Å². The fourth-order valence-corrected chi connectivity index (χ4v) is 3.41. The van der Waals surface area contributed by atoms with Crippen molar-refractivity contribution in [2.75, 3.05) is 0 Å². The fourth-order valence-electron chi connectivity index (χ4n) is 2.58. The van der Waals surface area contributed by atoms with Crippen molar-refractivity contribution in [2.45, 2.75) is 51.8 Å². The number of nitrogens with one attached hydrogen (secondary N) is 1. The molecule has 2 atom stereocenters. The number of carbonyl (C=O) groups is 1. The summed E-state index contributed by atoms with van der Waals surface area (Å²) >= 11 is -1.39. The maximum Gasteiger partial charge on any atom is 0.305 e. The summed E-state index contributed by atoms with van der Waals surface area (Å²) in [5.74, 6) is 0.443. The molecule has 2 N–H and O–H groups in total. The van der Waals surface area contributed by atoms with E-state index in [2.05, 4.69) is 4.72 Å². The number of ether oxygens (including phenoxy) is 1. The Kier molecular flexibility index (Phi) is 6.92. The quantitative estimate of drug-likeness (QED) is 0.673. The molecule has 0 bridgehead atoms. The molecule has 0 radical (unpaired) electrons. The van der Waals surface area contributed by atoms with Gasteiger partial charge in [0.15, 0.2) is 0 Å². The lowest BCUT2D eigenvalue weighted by Gasteiger charge is -2.27. The maximum atomic E-state index is 12.5. The van der Waals surface area contributed by atoms with Crippen LogP contribution < -0.4 is 9.46 Å². The van der Waals surface area contributed by atoms with Crippen LogP contribution in [-0.2, 0) is 16.2 Å². The van der Waals surface area contributed by atoms with Gasteiger partial charge in [0.1, 0.15) is 16.2 Å². The van der Waals surface area contributed by atoms with Gasteiger partial charge in [-0.25, -0.2) is 0 Å². The molecular formula is C21H27NO4S. The number of aliphatic carboxylic acids is 1. The van der Waals surface area contributed by atoms with Gasteiger partial charge >= 0.3 is 5.97 Å². The third-order valence-electron chi connectivity index (χ3n) is 4.07. The Morgan fingerprint density at radius 1 is 1.19 bits per heavy atom. The third kappa shape index (κ3) is 5.99. The van der Waals surface area contributed by atoms with E-state index in [9.17, 15) is 14.5 Å². The molecule has 5 nitrogen and oxygen atoms in total. The zero-order valence-corrected chi connectivity index (χ0v) is 17.2. The Labute approximate surface area is 164 Å². The lowest BCUT2D eigenvalue weighted by molar-refractivity contribution is -0.137. The van der Waals surface area contributed by atoms with Crippen molar-refractivity contribution >= 4 is 17.3 Å². The summed E-state index contributed by atoms with van der Waals surface area (Å²) in [7, 11) is 0. The van der Waals surface area contributed by atoms with Gasteiger partial charge in [0.2, 0.25) is 0 Å². The van der Waals surface area contributed by atoms with Gasteiger partial charge in [-0.3, -0.25) is 4.79 Å².